The van der Waals surface area contributed by atoms with E-state index in [1.165, 1.54) is 0 Å². The smallest absolute Gasteiger partial charge is 0.329 e. The van der Waals surface area contributed by atoms with Crippen LogP contribution in [0.4, 0.5) is 10.5 Å². The number of amides is 2. The van der Waals surface area contributed by atoms with Gasteiger partial charge in [0.1, 0.15) is 5.75 Å². The zero-order valence-corrected chi connectivity index (χ0v) is 12.7. The first kappa shape index (κ1) is 14.2. The molecule has 3 rings (SSSR count). The van der Waals surface area contributed by atoms with Crippen LogP contribution in [0.15, 0.2) is 60.7 Å². The quantitative estimate of drug-likeness (QED) is 0.866. The molecule has 2 amide bonds. The minimum atomic E-state index is -0.0356. The van der Waals surface area contributed by atoms with Crippen LogP contribution in [-0.2, 0) is 0 Å². The van der Waals surface area contributed by atoms with Gasteiger partial charge < -0.3 is 9.64 Å². The standard InChI is InChI=1S/C18H18N2O2/c1-19-13-12-17(14-6-4-3-5-7-14)20(18(19)21)15-8-10-16(22-2)11-9-15/h3-12H,13H2,1-2H3. The van der Waals surface area contributed by atoms with Gasteiger partial charge in [0.25, 0.3) is 0 Å². The fraction of sp³-hybridized carbons (Fsp3) is 0.167. The predicted octanol–water partition coefficient (Wildman–Crippen LogP) is 3.61. The molecule has 0 saturated carbocycles. The van der Waals surface area contributed by atoms with E-state index in [1.807, 2.05) is 54.6 Å². The largest absolute Gasteiger partial charge is 0.497 e. The van der Waals surface area contributed by atoms with E-state index in [2.05, 4.69) is 6.08 Å². The van der Waals surface area contributed by atoms with Crippen molar-refractivity contribution in [2.45, 2.75) is 0 Å². The Kier molecular flexibility index (Phi) is 3.83. The zero-order chi connectivity index (χ0) is 15.5. The van der Waals surface area contributed by atoms with Crippen LogP contribution in [0, 0.1) is 0 Å². The lowest BCUT2D eigenvalue weighted by Gasteiger charge is -2.34. The van der Waals surface area contributed by atoms with Gasteiger partial charge in [0.2, 0.25) is 0 Å². The molecule has 0 N–H and O–H groups in total. The van der Waals surface area contributed by atoms with Gasteiger partial charge in [-0.15, -0.1) is 0 Å². The van der Waals surface area contributed by atoms with Crippen LogP contribution in [0.5, 0.6) is 5.75 Å². The molecule has 0 radical (unpaired) electrons. The second-order valence-electron chi connectivity index (χ2n) is 5.15. The molecule has 4 nitrogen and oxygen atoms in total. The summed E-state index contributed by atoms with van der Waals surface area (Å²) in [6.07, 6.45) is 2.07. The van der Waals surface area contributed by atoms with Gasteiger partial charge in [0.05, 0.1) is 18.5 Å². The van der Waals surface area contributed by atoms with Crippen LogP contribution in [-0.4, -0.2) is 31.6 Å². The van der Waals surface area contributed by atoms with Crippen LogP contribution in [0.3, 0.4) is 0 Å². The summed E-state index contributed by atoms with van der Waals surface area (Å²) in [5.74, 6) is 0.770. The van der Waals surface area contributed by atoms with E-state index in [0.717, 1.165) is 22.7 Å². The van der Waals surface area contributed by atoms with Crippen molar-refractivity contribution in [1.29, 1.82) is 0 Å². The molecule has 1 aliphatic heterocycles. The highest BCUT2D eigenvalue weighted by molar-refractivity contribution is 6.06. The monoisotopic (exact) mass is 294 g/mol. The number of hydrogen-bond acceptors (Lipinski definition) is 2. The molecule has 0 spiro atoms. The summed E-state index contributed by atoms with van der Waals surface area (Å²) in [4.78, 5) is 16.1. The number of hydrogen-bond donors (Lipinski definition) is 0. The van der Waals surface area contributed by atoms with Gasteiger partial charge in [-0.25, -0.2) is 4.79 Å². The Hall–Kier alpha value is -2.75. The third kappa shape index (κ3) is 2.55. The molecule has 0 unspecified atom stereocenters. The zero-order valence-electron chi connectivity index (χ0n) is 12.7. The predicted molar refractivity (Wildman–Crippen MR) is 87.9 cm³/mol. The summed E-state index contributed by atoms with van der Waals surface area (Å²) in [6, 6.07) is 17.4. The normalized spacial score (nSPS) is 14.8. The average molecular weight is 294 g/mol. The third-order valence-corrected chi connectivity index (χ3v) is 3.72. The molecular formula is C18H18N2O2. The van der Waals surface area contributed by atoms with Crippen molar-refractivity contribution >= 4 is 17.4 Å². The first-order valence-electron chi connectivity index (χ1n) is 7.15. The number of likely N-dealkylation sites (N-methyl/N-ethyl adjacent to an activating group) is 1. The SMILES string of the molecule is COc1ccc(N2C(=O)N(C)CC=C2c2ccccc2)cc1. The third-order valence-electron chi connectivity index (χ3n) is 3.72. The molecule has 0 aliphatic carbocycles. The molecule has 112 valence electrons. The molecule has 1 heterocycles. The van der Waals surface area contributed by atoms with Crippen LogP contribution in [0.1, 0.15) is 5.56 Å². The summed E-state index contributed by atoms with van der Waals surface area (Å²) >= 11 is 0. The molecule has 0 saturated heterocycles. The highest BCUT2D eigenvalue weighted by atomic mass is 16.5. The lowest BCUT2D eigenvalue weighted by Crippen LogP contribution is -2.44. The van der Waals surface area contributed by atoms with Crippen LogP contribution in [0.2, 0.25) is 0 Å². The van der Waals surface area contributed by atoms with Crippen molar-refractivity contribution in [1.82, 2.24) is 4.90 Å². The Labute approximate surface area is 130 Å². The Morgan fingerprint density at radius 3 is 2.32 bits per heavy atom. The van der Waals surface area contributed by atoms with Gasteiger partial charge in [-0.05, 0) is 35.9 Å². The maximum absolute atomic E-state index is 12.6. The topological polar surface area (TPSA) is 32.8 Å². The van der Waals surface area contributed by atoms with E-state index < -0.39 is 0 Å². The molecule has 2 aromatic rings. The number of ether oxygens (including phenoxy) is 1. The molecule has 4 heteroatoms. The van der Waals surface area contributed by atoms with E-state index in [4.69, 9.17) is 4.74 Å². The molecule has 22 heavy (non-hydrogen) atoms. The van der Waals surface area contributed by atoms with Crippen LogP contribution < -0.4 is 9.64 Å². The number of methoxy groups -OCH3 is 1. The van der Waals surface area contributed by atoms with Crippen LogP contribution >= 0.6 is 0 Å². The first-order chi connectivity index (χ1) is 10.7. The number of benzene rings is 2. The second-order valence-corrected chi connectivity index (χ2v) is 5.15. The molecule has 0 bridgehead atoms. The van der Waals surface area contributed by atoms with Crippen molar-refractivity contribution < 1.29 is 9.53 Å². The van der Waals surface area contributed by atoms with E-state index in [1.54, 1.807) is 24.0 Å². The van der Waals surface area contributed by atoms with Crippen molar-refractivity contribution in [2.75, 3.05) is 25.6 Å². The number of carbonyl (C=O) groups excluding carboxylic acids is 1. The van der Waals surface area contributed by atoms with E-state index in [-0.39, 0.29) is 6.03 Å². The molecule has 1 aliphatic rings. The van der Waals surface area contributed by atoms with Crippen molar-refractivity contribution in [2.24, 2.45) is 0 Å². The number of carbonyl (C=O) groups is 1. The molecular weight excluding hydrogens is 276 g/mol. The first-order valence-corrected chi connectivity index (χ1v) is 7.15. The maximum atomic E-state index is 12.6. The van der Waals surface area contributed by atoms with E-state index in [9.17, 15) is 4.79 Å². The fourth-order valence-electron chi connectivity index (χ4n) is 2.50. The number of rotatable bonds is 3. The number of urea groups is 1. The minimum absolute atomic E-state index is 0.0356. The van der Waals surface area contributed by atoms with Gasteiger partial charge >= 0.3 is 6.03 Å². The van der Waals surface area contributed by atoms with Crippen LogP contribution in [0.25, 0.3) is 5.70 Å². The summed E-state index contributed by atoms with van der Waals surface area (Å²) in [5, 5.41) is 0. The van der Waals surface area contributed by atoms with Crippen molar-refractivity contribution in [3.63, 3.8) is 0 Å². The van der Waals surface area contributed by atoms with Gasteiger partial charge in [-0.2, -0.15) is 0 Å². The summed E-state index contributed by atoms with van der Waals surface area (Å²) in [5.41, 5.74) is 2.76. The second kappa shape index (κ2) is 5.93. The Bertz CT molecular complexity index is 693. The Morgan fingerprint density at radius 2 is 1.68 bits per heavy atom. The lowest BCUT2D eigenvalue weighted by atomic mass is 10.1. The highest BCUT2D eigenvalue weighted by Gasteiger charge is 2.27. The minimum Gasteiger partial charge on any atom is -0.497 e. The molecule has 0 atom stereocenters. The molecule has 2 aromatic carbocycles. The Balaban J connectivity index is 2.05. The van der Waals surface area contributed by atoms with Crippen molar-refractivity contribution in [3.05, 3.63) is 66.2 Å². The average Bonchev–Trinajstić information content (AvgIpc) is 2.58. The van der Waals surface area contributed by atoms with Gasteiger partial charge in [0.15, 0.2) is 0 Å². The summed E-state index contributed by atoms with van der Waals surface area (Å²) in [6.45, 7) is 0.607. The summed E-state index contributed by atoms with van der Waals surface area (Å²) in [7, 11) is 3.43. The van der Waals surface area contributed by atoms with Gasteiger partial charge in [-0.1, -0.05) is 30.3 Å². The fourth-order valence-corrected chi connectivity index (χ4v) is 2.50. The van der Waals surface area contributed by atoms with Gasteiger partial charge in [-0.3, -0.25) is 4.90 Å². The maximum Gasteiger partial charge on any atom is 0.329 e. The highest BCUT2D eigenvalue weighted by Crippen LogP contribution is 2.31. The van der Waals surface area contributed by atoms with E-state index in [0.29, 0.717) is 6.54 Å². The van der Waals surface area contributed by atoms with Crippen molar-refractivity contribution in [3.8, 4) is 5.75 Å². The summed E-state index contributed by atoms with van der Waals surface area (Å²) < 4.78 is 5.19. The Morgan fingerprint density at radius 1 is 1.00 bits per heavy atom. The molecule has 0 fully saturated rings. The number of anilines is 1. The molecule has 0 aromatic heterocycles. The number of nitrogens with zero attached hydrogens (tertiary/aromatic N) is 2. The lowest BCUT2D eigenvalue weighted by molar-refractivity contribution is 0.221. The van der Waals surface area contributed by atoms with Gasteiger partial charge in [0, 0.05) is 13.6 Å². The van der Waals surface area contributed by atoms with E-state index >= 15 is 0 Å².